The molecule has 0 aliphatic heterocycles. The molecule has 0 aliphatic rings. The number of pyridine rings is 1. The van der Waals surface area contributed by atoms with Gasteiger partial charge in [0.25, 0.3) is 0 Å². The average molecular weight is 319 g/mol. The lowest BCUT2D eigenvalue weighted by Gasteiger charge is -2.12. The first-order chi connectivity index (χ1) is 9.06. The van der Waals surface area contributed by atoms with Gasteiger partial charge in [-0.25, -0.2) is 4.98 Å². The van der Waals surface area contributed by atoms with Crippen molar-refractivity contribution in [1.82, 2.24) is 4.98 Å². The Morgan fingerprint density at radius 3 is 2.63 bits per heavy atom. The average Bonchev–Trinajstić information content (AvgIpc) is 2.39. The number of anilines is 1. The number of nitrogens with zero attached hydrogens (tertiary/aromatic N) is 1. The molecule has 3 heteroatoms. The van der Waals surface area contributed by atoms with Crippen molar-refractivity contribution in [1.29, 1.82) is 0 Å². The van der Waals surface area contributed by atoms with Crippen LogP contribution < -0.4 is 5.32 Å². The first kappa shape index (κ1) is 14.1. The van der Waals surface area contributed by atoms with E-state index in [0.717, 1.165) is 16.8 Å². The van der Waals surface area contributed by atoms with Crippen molar-refractivity contribution < 1.29 is 0 Å². The summed E-state index contributed by atoms with van der Waals surface area (Å²) in [7, 11) is 0. The van der Waals surface area contributed by atoms with E-state index in [1.54, 1.807) is 6.20 Å². The van der Waals surface area contributed by atoms with E-state index in [0.29, 0.717) is 5.92 Å². The van der Waals surface area contributed by atoms with Gasteiger partial charge in [-0.1, -0.05) is 32.0 Å². The predicted octanol–water partition coefficient (Wildman–Crippen LogP) is 4.89. The van der Waals surface area contributed by atoms with Crippen LogP contribution in [0.3, 0.4) is 0 Å². The molecular weight excluding hydrogens is 300 g/mol. The van der Waals surface area contributed by atoms with Gasteiger partial charge in [0.1, 0.15) is 5.82 Å². The van der Waals surface area contributed by atoms with Crippen molar-refractivity contribution in [2.75, 3.05) is 5.32 Å². The maximum atomic E-state index is 4.32. The molecule has 0 aliphatic carbocycles. The summed E-state index contributed by atoms with van der Waals surface area (Å²) in [6, 6.07) is 10.7. The van der Waals surface area contributed by atoms with E-state index in [1.165, 1.54) is 16.7 Å². The third kappa shape index (κ3) is 3.80. The monoisotopic (exact) mass is 318 g/mol. The fourth-order valence-corrected chi connectivity index (χ4v) is 2.14. The smallest absolute Gasteiger partial charge is 0.126 e. The molecule has 0 saturated carbocycles. The van der Waals surface area contributed by atoms with Gasteiger partial charge < -0.3 is 5.32 Å². The third-order valence-electron chi connectivity index (χ3n) is 3.23. The van der Waals surface area contributed by atoms with Gasteiger partial charge in [-0.05, 0) is 57.6 Å². The number of benzene rings is 1. The molecule has 0 spiro atoms. The highest BCUT2D eigenvalue weighted by molar-refractivity contribution is 9.10. The van der Waals surface area contributed by atoms with Crippen LogP contribution in [0.15, 0.2) is 41.0 Å². The Balaban J connectivity index is 2.10. The standard InChI is InChI=1S/C16H19BrN2/c1-11(2)13-5-4-12(3)14(8-13)9-18-16-7-6-15(17)10-19-16/h4-8,10-11H,9H2,1-3H3,(H,18,19). The molecule has 1 aromatic carbocycles. The van der Waals surface area contributed by atoms with E-state index >= 15 is 0 Å². The molecule has 100 valence electrons. The summed E-state index contributed by atoms with van der Waals surface area (Å²) in [5, 5.41) is 3.36. The van der Waals surface area contributed by atoms with Crippen molar-refractivity contribution in [2.45, 2.75) is 33.2 Å². The van der Waals surface area contributed by atoms with E-state index in [1.807, 2.05) is 12.1 Å². The van der Waals surface area contributed by atoms with Crippen LogP contribution in [0.1, 0.15) is 36.5 Å². The zero-order valence-corrected chi connectivity index (χ0v) is 13.2. The van der Waals surface area contributed by atoms with Gasteiger partial charge in [0.05, 0.1) is 0 Å². The van der Waals surface area contributed by atoms with Crippen LogP contribution >= 0.6 is 15.9 Å². The number of aromatic nitrogens is 1. The van der Waals surface area contributed by atoms with Gasteiger partial charge in [0.15, 0.2) is 0 Å². The first-order valence-electron chi connectivity index (χ1n) is 6.51. The first-order valence-corrected chi connectivity index (χ1v) is 7.30. The summed E-state index contributed by atoms with van der Waals surface area (Å²) in [5.41, 5.74) is 4.02. The van der Waals surface area contributed by atoms with Crippen LogP contribution in [-0.4, -0.2) is 4.98 Å². The lowest BCUT2D eigenvalue weighted by Crippen LogP contribution is -2.04. The second-order valence-electron chi connectivity index (χ2n) is 5.06. The van der Waals surface area contributed by atoms with Crippen molar-refractivity contribution in [3.8, 4) is 0 Å². The molecule has 0 atom stereocenters. The maximum Gasteiger partial charge on any atom is 0.126 e. The van der Waals surface area contributed by atoms with Crippen LogP contribution in [0, 0.1) is 6.92 Å². The van der Waals surface area contributed by atoms with Gasteiger partial charge in [0, 0.05) is 17.2 Å². The van der Waals surface area contributed by atoms with Crippen molar-refractivity contribution >= 4 is 21.7 Å². The molecule has 0 unspecified atom stereocenters. The fourth-order valence-electron chi connectivity index (χ4n) is 1.91. The van der Waals surface area contributed by atoms with E-state index in [-0.39, 0.29) is 0 Å². The summed E-state index contributed by atoms with van der Waals surface area (Å²) < 4.78 is 0.996. The van der Waals surface area contributed by atoms with Gasteiger partial charge >= 0.3 is 0 Å². The highest BCUT2D eigenvalue weighted by atomic mass is 79.9. The molecule has 2 aromatic rings. The Labute approximate surface area is 123 Å². The number of hydrogen-bond donors (Lipinski definition) is 1. The van der Waals surface area contributed by atoms with Gasteiger partial charge in [-0.3, -0.25) is 0 Å². The van der Waals surface area contributed by atoms with Gasteiger partial charge in [-0.15, -0.1) is 0 Å². The van der Waals surface area contributed by atoms with E-state index in [9.17, 15) is 0 Å². The Morgan fingerprint density at radius 2 is 2.00 bits per heavy atom. The molecule has 1 aromatic heterocycles. The minimum atomic E-state index is 0.560. The Hall–Kier alpha value is -1.35. The summed E-state index contributed by atoms with van der Waals surface area (Å²) in [6.07, 6.45) is 1.81. The molecule has 0 fully saturated rings. The molecule has 2 nitrogen and oxygen atoms in total. The third-order valence-corrected chi connectivity index (χ3v) is 3.70. The van der Waals surface area contributed by atoms with Gasteiger partial charge in [0.2, 0.25) is 0 Å². The molecule has 19 heavy (non-hydrogen) atoms. The van der Waals surface area contributed by atoms with E-state index in [2.05, 4.69) is 65.2 Å². The highest BCUT2D eigenvalue weighted by Gasteiger charge is 2.04. The zero-order chi connectivity index (χ0) is 13.8. The molecule has 1 heterocycles. The molecular formula is C16H19BrN2. The normalized spacial score (nSPS) is 10.8. The largest absolute Gasteiger partial charge is 0.366 e. The van der Waals surface area contributed by atoms with Crippen LogP contribution in [-0.2, 0) is 6.54 Å². The molecule has 0 amide bonds. The number of rotatable bonds is 4. The minimum Gasteiger partial charge on any atom is -0.366 e. The number of aryl methyl sites for hydroxylation is 1. The Kier molecular flexibility index (Phi) is 4.59. The lowest BCUT2D eigenvalue weighted by atomic mass is 9.98. The second kappa shape index (κ2) is 6.20. The molecule has 1 N–H and O–H groups in total. The SMILES string of the molecule is Cc1ccc(C(C)C)cc1CNc1ccc(Br)cn1. The lowest BCUT2D eigenvalue weighted by molar-refractivity contribution is 0.861. The maximum absolute atomic E-state index is 4.32. The summed E-state index contributed by atoms with van der Waals surface area (Å²) in [6.45, 7) is 7.40. The highest BCUT2D eigenvalue weighted by Crippen LogP contribution is 2.19. The van der Waals surface area contributed by atoms with E-state index < -0.39 is 0 Å². The van der Waals surface area contributed by atoms with Crippen LogP contribution in [0.4, 0.5) is 5.82 Å². The topological polar surface area (TPSA) is 24.9 Å². The second-order valence-corrected chi connectivity index (χ2v) is 5.97. The minimum absolute atomic E-state index is 0.560. The van der Waals surface area contributed by atoms with Gasteiger partial charge in [-0.2, -0.15) is 0 Å². The Morgan fingerprint density at radius 1 is 1.21 bits per heavy atom. The quantitative estimate of drug-likeness (QED) is 0.868. The summed E-state index contributed by atoms with van der Waals surface area (Å²) in [4.78, 5) is 4.32. The zero-order valence-electron chi connectivity index (χ0n) is 11.6. The van der Waals surface area contributed by atoms with Crippen molar-refractivity contribution in [3.63, 3.8) is 0 Å². The molecule has 0 bridgehead atoms. The van der Waals surface area contributed by atoms with Crippen molar-refractivity contribution in [2.24, 2.45) is 0 Å². The van der Waals surface area contributed by atoms with E-state index in [4.69, 9.17) is 0 Å². The van der Waals surface area contributed by atoms with Crippen LogP contribution in [0.25, 0.3) is 0 Å². The molecule has 0 radical (unpaired) electrons. The Bertz CT molecular complexity index is 547. The predicted molar refractivity (Wildman–Crippen MR) is 84.5 cm³/mol. The summed E-state index contributed by atoms with van der Waals surface area (Å²) in [5.74, 6) is 1.46. The number of nitrogens with one attached hydrogen (secondary N) is 1. The van der Waals surface area contributed by atoms with Crippen molar-refractivity contribution in [3.05, 3.63) is 57.7 Å². The number of halogens is 1. The molecule has 2 rings (SSSR count). The molecule has 0 saturated heterocycles. The summed E-state index contributed by atoms with van der Waals surface area (Å²) >= 11 is 3.39. The number of hydrogen-bond acceptors (Lipinski definition) is 2. The fraction of sp³-hybridized carbons (Fsp3) is 0.312. The van der Waals surface area contributed by atoms with Crippen LogP contribution in [0.5, 0.6) is 0 Å². The van der Waals surface area contributed by atoms with Crippen LogP contribution in [0.2, 0.25) is 0 Å².